The first-order valence-corrected chi connectivity index (χ1v) is 7.31. The molecular formula is C16H22N2O3. The van der Waals surface area contributed by atoms with Gasteiger partial charge < -0.3 is 10.5 Å². The Labute approximate surface area is 125 Å². The predicted octanol–water partition coefficient (Wildman–Crippen LogP) is 1.56. The van der Waals surface area contributed by atoms with E-state index in [4.69, 9.17) is 10.5 Å². The molecule has 0 bridgehead atoms. The summed E-state index contributed by atoms with van der Waals surface area (Å²) in [6, 6.07) is 7.59. The van der Waals surface area contributed by atoms with Gasteiger partial charge in [0.15, 0.2) is 0 Å². The van der Waals surface area contributed by atoms with Gasteiger partial charge in [0.2, 0.25) is 11.8 Å². The maximum Gasteiger partial charge on any atom is 0.232 e. The zero-order valence-corrected chi connectivity index (χ0v) is 12.5. The third-order valence-corrected chi connectivity index (χ3v) is 4.01. The van der Waals surface area contributed by atoms with E-state index in [1.807, 2.05) is 24.3 Å². The molecule has 1 aliphatic rings. The van der Waals surface area contributed by atoms with Crippen LogP contribution in [-0.4, -0.2) is 29.9 Å². The van der Waals surface area contributed by atoms with Gasteiger partial charge >= 0.3 is 0 Å². The molecular weight excluding hydrogens is 268 g/mol. The molecule has 2 atom stereocenters. The van der Waals surface area contributed by atoms with Gasteiger partial charge in [-0.25, -0.2) is 0 Å². The molecule has 0 radical (unpaired) electrons. The van der Waals surface area contributed by atoms with Crippen LogP contribution in [0, 0.1) is 11.8 Å². The Bertz CT molecular complexity index is 493. The van der Waals surface area contributed by atoms with Crippen LogP contribution in [-0.2, 0) is 16.1 Å². The molecule has 2 rings (SSSR count). The Balaban J connectivity index is 1.77. The number of nitrogens with zero attached hydrogens (tertiary/aromatic N) is 1. The summed E-state index contributed by atoms with van der Waals surface area (Å²) in [4.78, 5) is 25.2. The van der Waals surface area contributed by atoms with Crippen molar-refractivity contribution in [2.24, 2.45) is 17.6 Å². The maximum absolute atomic E-state index is 11.9. The van der Waals surface area contributed by atoms with Gasteiger partial charge in [-0.15, -0.1) is 0 Å². The summed E-state index contributed by atoms with van der Waals surface area (Å²) in [5, 5.41) is 0. The number of imide groups is 1. The van der Waals surface area contributed by atoms with Gasteiger partial charge in [0, 0.05) is 24.9 Å². The standard InChI is InChI=1S/C16H22N2O3/c1-11-12(2)16(20)18(15(11)19)8-3-9-21-14-6-4-13(10-17)5-7-14/h4-7,11-12H,3,8-10,17H2,1-2H3. The van der Waals surface area contributed by atoms with Crippen LogP contribution in [0.2, 0.25) is 0 Å². The van der Waals surface area contributed by atoms with Crippen molar-refractivity contribution in [1.82, 2.24) is 4.90 Å². The summed E-state index contributed by atoms with van der Waals surface area (Å²) in [5.41, 5.74) is 6.58. The second-order valence-corrected chi connectivity index (χ2v) is 5.46. The topological polar surface area (TPSA) is 72.6 Å². The number of likely N-dealkylation sites (tertiary alicyclic amines) is 1. The molecule has 0 saturated carbocycles. The van der Waals surface area contributed by atoms with Crippen molar-refractivity contribution in [2.45, 2.75) is 26.8 Å². The Kier molecular flexibility index (Phi) is 4.96. The van der Waals surface area contributed by atoms with Gasteiger partial charge in [-0.1, -0.05) is 26.0 Å². The van der Waals surface area contributed by atoms with Crippen LogP contribution in [0.4, 0.5) is 0 Å². The van der Waals surface area contributed by atoms with Crippen molar-refractivity contribution in [3.8, 4) is 5.75 Å². The van der Waals surface area contributed by atoms with E-state index < -0.39 is 0 Å². The molecule has 0 spiro atoms. The largest absolute Gasteiger partial charge is 0.494 e. The Morgan fingerprint density at radius 3 is 2.19 bits per heavy atom. The van der Waals surface area contributed by atoms with Crippen molar-refractivity contribution in [2.75, 3.05) is 13.2 Å². The van der Waals surface area contributed by atoms with Crippen molar-refractivity contribution in [3.05, 3.63) is 29.8 Å². The minimum Gasteiger partial charge on any atom is -0.494 e. The Morgan fingerprint density at radius 1 is 1.10 bits per heavy atom. The predicted molar refractivity (Wildman–Crippen MR) is 79.5 cm³/mol. The molecule has 1 aromatic rings. The van der Waals surface area contributed by atoms with E-state index in [0.717, 1.165) is 11.3 Å². The fraction of sp³-hybridized carbons (Fsp3) is 0.500. The highest BCUT2D eigenvalue weighted by Crippen LogP contribution is 2.25. The maximum atomic E-state index is 11.9. The van der Waals surface area contributed by atoms with Gasteiger partial charge in [0.1, 0.15) is 5.75 Å². The van der Waals surface area contributed by atoms with Crippen LogP contribution in [0.25, 0.3) is 0 Å². The van der Waals surface area contributed by atoms with E-state index in [1.54, 1.807) is 13.8 Å². The molecule has 5 nitrogen and oxygen atoms in total. The van der Waals surface area contributed by atoms with Crippen molar-refractivity contribution in [3.63, 3.8) is 0 Å². The first kappa shape index (κ1) is 15.5. The lowest BCUT2D eigenvalue weighted by atomic mass is 10.00. The first-order chi connectivity index (χ1) is 10.0. The summed E-state index contributed by atoms with van der Waals surface area (Å²) in [6.07, 6.45) is 0.634. The van der Waals surface area contributed by atoms with E-state index in [9.17, 15) is 9.59 Å². The second-order valence-electron chi connectivity index (χ2n) is 5.46. The second kappa shape index (κ2) is 6.72. The number of rotatable bonds is 6. The molecule has 1 aliphatic heterocycles. The molecule has 114 valence electrons. The highest BCUT2D eigenvalue weighted by atomic mass is 16.5. The highest BCUT2D eigenvalue weighted by Gasteiger charge is 2.41. The van der Waals surface area contributed by atoms with Crippen LogP contribution in [0.5, 0.6) is 5.75 Å². The number of amides is 2. The lowest BCUT2D eigenvalue weighted by Gasteiger charge is -2.14. The molecule has 1 aromatic carbocycles. The third-order valence-electron chi connectivity index (χ3n) is 4.01. The summed E-state index contributed by atoms with van der Waals surface area (Å²) in [5.74, 6) is 0.219. The number of ether oxygens (including phenoxy) is 1. The van der Waals surface area contributed by atoms with Gasteiger partial charge in [0.05, 0.1) is 6.61 Å². The summed E-state index contributed by atoms with van der Waals surface area (Å²) < 4.78 is 5.60. The monoisotopic (exact) mass is 290 g/mol. The number of hydrogen-bond donors (Lipinski definition) is 1. The molecule has 21 heavy (non-hydrogen) atoms. The van der Waals surface area contributed by atoms with Crippen LogP contribution in [0.3, 0.4) is 0 Å². The fourth-order valence-electron chi connectivity index (χ4n) is 2.38. The van der Waals surface area contributed by atoms with Gasteiger partial charge in [-0.3, -0.25) is 14.5 Å². The van der Waals surface area contributed by atoms with E-state index >= 15 is 0 Å². The van der Waals surface area contributed by atoms with Crippen LogP contribution in [0.1, 0.15) is 25.8 Å². The van der Waals surface area contributed by atoms with Crippen molar-refractivity contribution in [1.29, 1.82) is 0 Å². The van der Waals surface area contributed by atoms with E-state index in [0.29, 0.717) is 26.1 Å². The van der Waals surface area contributed by atoms with E-state index in [1.165, 1.54) is 4.90 Å². The number of nitrogens with two attached hydrogens (primary N) is 1. The quantitative estimate of drug-likeness (QED) is 0.637. The Hall–Kier alpha value is -1.88. The van der Waals surface area contributed by atoms with E-state index in [2.05, 4.69) is 0 Å². The minimum absolute atomic E-state index is 0.0696. The first-order valence-electron chi connectivity index (χ1n) is 7.31. The highest BCUT2D eigenvalue weighted by molar-refractivity contribution is 6.04. The molecule has 0 aromatic heterocycles. The smallest absolute Gasteiger partial charge is 0.232 e. The van der Waals surface area contributed by atoms with Gasteiger partial charge in [0.25, 0.3) is 0 Å². The van der Waals surface area contributed by atoms with Crippen LogP contribution < -0.4 is 10.5 Å². The van der Waals surface area contributed by atoms with Crippen LogP contribution >= 0.6 is 0 Å². The molecule has 2 unspecified atom stereocenters. The molecule has 1 saturated heterocycles. The fourth-order valence-corrected chi connectivity index (χ4v) is 2.38. The summed E-state index contributed by atoms with van der Waals surface area (Å²) >= 11 is 0. The Morgan fingerprint density at radius 2 is 1.67 bits per heavy atom. The van der Waals surface area contributed by atoms with Gasteiger partial charge in [-0.05, 0) is 24.1 Å². The number of hydrogen-bond acceptors (Lipinski definition) is 4. The number of carbonyl (C=O) groups is 2. The van der Waals surface area contributed by atoms with Crippen molar-refractivity contribution >= 4 is 11.8 Å². The van der Waals surface area contributed by atoms with E-state index in [-0.39, 0.29) is 23.7 Å². The molecule has 1 fully saturated rings. The summed E-state index contributed by atoms with van der Waals surface area (Å²) in [7, 11) is 0. The molecule has 1 heterocycles. The zero-order chi connectivity index (χ0) is 15.4. The lowest BCUT2D eigenvalue weighted by Crippen LogP contribution is -2.32. The molecule has 2 amide bonds. The van der Waals surface area contributed by atoms with Crippen LogP contribution in [0.15, 0.2) is 24.3 Å². The molecule has 2 N–H and O–H groups in total. The zero-order valence-electron chi connectivity index (χ0n) is 12.5. The average molecular weight is 290 g/mol. The summed E-state index contributed by atoms with van der Waals surface area (Å²) in [6.45, 7) is 5.02. The third kappa shape index (κ3) is 3.42. The van der Waals surface area contributed by atoms with Crippen molar-refractivity contribution < 1.29 is 14.3 Å². The lowest BCUT2D eigenvalue weighted by molar-refractivity contribution is -0.139. The molecule has 0 aliphatic carbocycles. The number of benzene rings is 1. The number of carbonyl (C=O) groups excluding carboxylic acids is 2. The average Bonchev–Trinajstić information content (AvgIpc) is 2.69. The molecule has 5 heteroatoms. The van der Waals surface area contributed by atoms with Gasteiger partial charge in [-0.2, -0.15) is 0 Å². The minimum atomic E-state index is -0.206. The normalized spacial score (nSPS) is 22.0. The SMILES string of the molecule is CC1C(=O)N(CCCOc2ccc(CN)cc2)C(=O)C1C.